The van der Waals surface area contributed by atoms with E-state index >= 15 is 0 Å². The minimum atomic E-state index is -0.491. The van der Waals surface area contributed by atoms with Gasteiger partial charge in [0.2, 0.25) is 0 Å². The average molecular weight is 482 g/mol. The van der Waals surface area contributed by atoms with Gasteiger partial charge in [0.1, 0.15) is 23.4 Å². The summed E-state index contributed by atoms with van der Waals surface area (Å²) in [5.74, 6) is 1.05. The van der Waals surface area contributed by atoms with Gasteiger partial charge in [0.25, 0.3) is 0 Å². The number of morpholine rings is 1. The van der Waals surface area contributed by atoms with Gasteiger partial charge >= 0.3 is 6.03 Å². The van der Waals surface area contributed by atoms with Crippen LogP contribution in [0.4, 0.5) is 14.9 Å². The largest absolute Gasteiger partial charge is 0.497 e. The van der Waals surface area contributed by atoms with E-state index in [9.17, 15) is 9.18 Å². The number of halogens is 1. The van der Waals surface area contributed by atoms with Gasteiger partial charge in [0.05, 0.1) is 25.0 Å². The molecule has 1 fully saturated rings. The van der Waals surface area contributed by atoms with Crippen LogP contribution in [-0.4, -0.2) is 48.0 Å². The lowest BCUT2D eigenvalue weighted by molar-refractivity contribution is -0.00539. The maximum Gasteiger partial charge on any atom is 0.315 e. The van der Waals surface area contributed by atoms with Crippen LogP contribution in [0.3, 0.4) is 0 Å². The summed E-state index contributed by atoms with van der Waals surface area (Å²) in [5.41, 5.74) is 2.05. The van der Waals surface area contributed by atoms with E-state index in [1.807, 2.05) is 66.9 Å². The van der Waals surface area contributed by atoms with Gasteiger partial charge in [-0.3, -0.25) is 0 Å². The minimum absolute atomic E-state index is 0.0411. The van der Waals surface area contributed by atoms with Crippen LogP contribution >= 0.6 is 0 Å². The van der Waals surface area contributed by atoms with E-state index in [-0.39, 0.29) is 30.6 Å². The molecule has 0 bridgehead atoms. The second-order valence-corrected chi connectivity index (χ2v) is 8.88. The molecule has 1 aliphatic heterocycles. The van der Waals surface area contributed by atoms with Crippen molar-refractivity contribution in [1.29, 1.82) is 0 Å². The molecule has 1 saturated heterocycles. The lowest BCUT2D eigenvalue weighted by atomic mass is 10.1. The van der Waals surface area contributed by atoms with E-state index in [4.69, 9.17) is 9.47 Å². The van der Waals surface area contributed by atoms with Gasteiger partial charge in [-0.05, 0) is 49.2 Å². The summed E-state index contributed by atoms with van der Waals surface area (Å²) in [4.78, 5) is 19.2. The van der Waals surface area contributed by atoms with Crippen molar-refractivity contribution in [1.82, 2.24) is 20.2 Å². The molecule has 8 nitrogen and oxygen atoms in total. The zero-order chi connectivity index (χ0) is 24.9. The minimum Gasteiger partial charge on any atom is -0.497 e. The number of amides is 2. The standard InChI is InChI=1S/C26H32FN5O3/c1-17-15-32(16-18(2)35-17)23-9-8-19(12-22(23)27)14-29-26(33)30-24(25-28-10-11-31(25)3)20-6-5-7-21(13-20)34-4/h5-13,17-18,24H,14-16H2,1-4H3,(H2,29,30,33). The Balaban J connectivity index is 1.43. The van der Waals surface area contributed by atoms with Crippen molar-refractivity contribution in [2.24, 2.45) is 7.05 Å². The van der Waals surface area contributed by atoms with Crippen LogP contribution in [-0.2, 0) is 18.3 Å². The Hall–Kier alpha value is -3.59. The number of aryl methyl sites for hydroxylation is 1. The molecular weight excluding hydrogens is 449 g/mol. The van der Waals surface area contributed by atoms with Gasteiger partial charge in [-0.15, -0.1) is 0 Å². The number of carbonyl (C=O) groups excluding carboxylic acids is 1. The van der Waals surface area contributed by atoms with E-state index in [0.29, 0.717) is 35.9 Å². The monoisotopic (exact) mass is 481 g/mol. The van der Waals surface area contributed by atoms with Gasteiger partial charge < -0.3 is 29.6 Å². The number of carbonyl (C=O) groups is 1. The highest BCUT2D eigenvalue weighted by atomic mass is 19.1. The summed E-state index contributed by atoms with van der Waals surface area (Å²) in [7, 11) is 3.47. The first kappa shape index (κ1) is 24.5. The molecule has 0 spiro atoms. The van der Waals surface area contributed by atoms with Crippen LogP contribution in [0.25, 0.3) is 0 Å². The number of methoxy groups -OCH3 is 1. The molecule has 1 aliphatic rings. The van der Waals surface area contributed by atoms with Gasteiger partial charge in [0, 0.05) is 39.1 Å². The fourth-order valence-electron chi connectivity index (χ4n) is 4.43. The number of rotatable bonds is 7. The zero-order valence-electron chi connectivity index (χ0n) is 20.5. The zero-order valence-corrected chi connectivity index (χ0v) is 20.5. The normalized spacial score (nSPS) is 18.7. The smallest absolute Gasteiger partial charge is 0.315 e. The number of nitrogens with one attached hydrogen (secondary N) is 2. The van der Waals surface area contributed by atoms with Crippen molar-refractivity contribution in [3.8, 4) is 5.75 Å². The summed E-state index contributed by atoms with van der Waals surface area (Å²) < 4.78 is 27.8. The number of aromatic nitrogens is 2. The third-order valence-corrected chi connectivity index (χ3v) is 6.04. The molecule has 1 aromatic heterocycles. The number of benzene rings is 2. The lowest BCUT2D eigenvalue weighted by Gasteiger charge is -2.37. The highest BCUT2D eigenvalue weighted by molar-refractivity contribution is 5.75. The maximum absolute atomic E-state index is 14.9. The molecule has 0 radical (unpaired) electrons. The molecule has 2 amide bonds. The highest BCUT2D eigenvalue weighted by Crippen LogP contribution is 2.26. The molecule has 3 unspecified atom stereocenters. The highest BCUT2D eigenvalue weighted by Gasteiger charge is 2.25. The second-order valence-electron chi connectivity index (χ2n) is 8.88. The number of imidazole rings is 1. The Morgan fingerprint density at radius 2 is 2.00 bits per heavy atom. The SMILES string of the molecule is COc1cccc(C(NC(=O)NCc2ccc(N3CC(C)OC(C)C3)c(F)c2)c2nccn2C)c1. The van der Waals surface area contributed by atoms with Crippen LogP contribution in [0.15, 0.2) is 54.9 Å². The predicted octanol–water partition coefficient (Wildman–Crippen LogP) is 3.77. The van der Waals surface area contributed by atoms with Crippen molar-refractivity contribution >= 4 is 11.7 Å². The number of anilines is 1. The Morgan fingerprint density at radius 3 is 2.66 bits per heavy atom. The van der Waals surface area contributed by atoms with Crippen LogP contribution in [0.5, 0.6) is 5.75 Å². The number of hydrogen-bond acceptors (Lipinski definition) is 5. The Kier molecular flexibility index (Phi) is 7.55. The maximum atomic E-state index is 14.9. The van der Waals surface area contributed by atoms with Gasteiger partial charge in [-0.1, -0.05) is 18.2 Å². The fraction of sp³-hybridized carbons (Fsp3) is 0.385. The molecule has 3 atom stereocenters. The molecule has 0 aliphatic carbocycles. The molecule has 2 N–H and O–H groups in total. The summed E-state index contributed by atoms with van der Waals surface area (Å²) in [5, 5.41) is 5.81. The Bertz CT molecular complexity index is 1160. The number of ether oxygens (including phenoxy) is 2. The van der Waals surface area contributed by atoms with Gasteiger partial charge in [-0.25, -0.2) is 14.2 Å². The first-order valence-electron chi connectivity index (χ1n) is 11.7. The average Bonchev–Trinajstić information content (AvgIpc) is 3.26. The Labute approximate surface area is 205 Å². The van der Waals surface area contributed by atoms with Gasteiger partial charge in [-0.2, -0.15) is 0 Å². The van der Waals surface area contributed by atoms with Crippen LogP contribution in [0.2, 0.25) is 0 Å². The van der Waals surface area contributed by atoms with Crippen LogP contribution < -0.4 is 20.3 Å². The second kappa shape index (κ2) is 10.8. The summed E-state index contributed by atoms with van der Waals surface area (Å²) in [6, 6.07) is 11.7. The van der Waals surface area contributed by atoms with E-state index in [2.05, 4.69) is 15.6 Å². The molecule has 2 heterocycles. The van der Waals surface area contributed by atoms with Crippen molar-refractivity contribution in [3.05, 3.63) is 77.6 Å². The predicted molar refractivity (Wildman–Crippen MR) is 132 cm³/mol. The van der Waals surface area contributed by atoms with E-state index in [1.54, 1.807) is 19.4 Å². The third-order valence-electron chi connectivity index (χ3n) is 6.04. The van der Waals surface area contributed by atoms with Crippen LogP contribution in [0.1, 0.15) is 36.8 Å². The molecule has 0 saturated carbocycles. The van der Waals surface area contributed by atoms with Crippen molar-refractivity contribution < 1.29 is 18.7 Å². The number of nitrogens with zero attached hydrogens (tertiary/aromatic N) is 3. The molecule has 3 aromatic rings. The van der Waals surface area contributed by atoms with E-state index < -0.39 is 6.04 Å². The Morgan fingerprint density at radius 1 is 1.23 bits per heavy atom. The summed E-state index contributed by atoms with van der Waals surface area (Å²) >= 11 is 0. The van der Waals surface area contributed by atoms with E-state index in [1.165, 1.54) is 6.07 Å². The quantitative estimate of drug-likeness (QED) is 0.537. The lowest BCUT2D eigenvalue weighted by Crippen LogP contribution is -2.45. The molecule has 4 rings (SSSR count). The van der Waals surface area contributed by atoms with Crippen molar-refractivity contribution in [3.63, 3.8) is 0 Å². The molecular formula is C26H32FN5O3. The van der Waals surface area contributed by atoms with Crippen molar-refractivity contribution in [2.75, 3.05) is 25.1 Å². The number of urea groups is 1. The summed E-state index contributed by atoms with van der Waals surface area (Å²) in [6.45, 7) is 5.44. The molecule has 186 valence electrons. The third kappa shape index (κ3) is 5.92. The first-order valence-corrected chi connectivity index (χ1v) is 11.7. The van der Waals surface area contributed by atoms with Crippen LogP contribution in [0, 0.1) is 5.82 Å². The molecule has 35 heavy (non-hydrogen) atoms. The number of hydrogen-bond donors (Lipinski definition) is 2. The molecule has 2 aromatic carbocycles. The summed E-state index contributed by atoms with van der Waals surface area (Å²) in [6.07, 6.45) is 3.59. The first-order chi connectivity index (χ1) is 16.8. The fourth-order valence-corrected chi connectivity index (χ4v) is 4.43. The van der Waals surface area contributed by atoms with E-state index in [0.717, 1.165) is 5.56 Å². The topological polar surface area (TPSA) is 80.7 Å². The van der Waals surface area contributed by atoms with Gasteiger partial charge in [0.15, 0.2) is 0 Å². The van der Waals surface area contributed by atoms with Crippen molar-refractivity contribution in [2.45, 2.75) is 38.6 Å². The molecule has 9 heteroatoms.